The highest BCUT2D eigenvalue weighted by Gasteiger charge is 2.36. The van der Waals surface area contributed by atoms with Crippen LogP contribution < -0.4 is 0 Å². The van der Waals surface area contributed by atoms with Gasteiger partial charge in [-0.3, -0.25) is 0 Å². The van der Waals surface area contributed by atoms with Crippen LogP contribution in [-0.4, -0.2) is 20.0 Å². The van der Waals surface area contributed by atoms with Gasteiger partial charge >= 0.3 is 12.4 Å². The van der Waals surface area contributed by atoms with Gasteiger partial charge in [0.25, 0.3) is 0 Å². The topological polar surface area (TPSA) is 70.3 Å². The van der Waals surface area contributed by atoms with E-state index in [1.807, 2.05) is 0 Å². The molecule has 1 aromatic carbocycles. The molecule has 0 aliphatic rings. The lowest BCUT2D eigenvalue weighted by atomic mass is 10.0. The van der Waals surface area contributed by atoms with E-state index in [-0.39, 0.29) is 29.6 Å². The van der Waals surface area contributed by atoms with E-state index in [0.717, 1.165) is 0 Å². The summed E-state index contributed by atoms with van der Waals surface area (Å²) in [5, 5.41) is 18.7. The molecular weight excluding hydrogens is 376 g/mol. The number of H-pyrrole nitrogens is 1. The zero-order chi connectivity index (χ0) is 19.8. The van der Waals surface area contributed by atoms with Crippen LogP contribution >= 0.6 is 0 Å². The largest absolute Gasteiger partial charge is 0.416 e. The Morgan fingerprint density at radius 3 is 2.19 bits per heavy atom. The molecule has 1 N–H and O–H groups in total. The number of benzene rings is 1. The maximum atomic E-state index is 13.0. The maximum Gasteiger partial charge on any atom is 0.416 e. The Kier molecular flexibility index (Phi) is 4.43. The van der Waals surface area contributed by atoms with Crippen molar-refractivity contribution in [2.45, 2.75) is 18.9 Å². The molecule has 0 aliphatic carbocycles. The monoisotopic (exact) mass is 385 g/mol. The van der Waals surface area contributed by atoms with E-state index in [2.05, 4.69) is 15.4 Å². The number of hydrogen-bond acceptors (Lipinski definition) is 3. The van der Waals surface area contributed by atoms with Gasteiger partial charge in [-0.2, -0.15) is 41.9 Å². The summed E-state index contributed by atoms with van der Waals surface area (Å²) in [4.78, 5) is 0. The van der Waals surface area contributed by atoms with Crippen molar-refractivity contribution < 1.29 is 26.3 Å². The van der Waals surface area contributed by atoms with E-state index >= 15 is 0 Å². The fraction of sp³-hybridized carbons (Fsp3) is 0.188. The standard InChI is InChI=1S/C16H9F6N5/c17-15(18,19)10-4-9(5-11(6-10)16(20,21)22)8-27-3-1-2-13(27)14-12(7-23)24-26-25-14/h1-6H,8H2,(H,24,25,26). The predicted octanol–water partition coefficient (Wildman–Crippen LogP) is 4.23. The highest BCUT2D eigenvalue weighted by molar-refractivity contribution is 5.61. The average Bonchev–Trinajstić information content (AvgIpc) is 3.21. The summed E-state index contributed by atoms with van der Waals surface area (Å²) in [6.45, 7) is -0.285. The molecule has 11 heteroatoms. The molecule has 0 saturated heterocycles. The van der Waals surface area contributed by atoms with E-state index < -0.39 is 23.5 Å². The molecule has 0 amide bonds. The van der Waals surface area contributed by atoms with Crippen LogP contribution in [0.5, 0.6) is 0 Å². The van der Waals surface area contributed by atoms with E-state index in [4.69, 9.17) is 5.26 Å². The molecule has 0 fully saturated rings. The minimum Gasteiger partial charge on any atom is -0.342 e. The number of rotatable bonds is 3. The van der Waals surface area contributed by atoms with Gasteiger partial charge in [0.1, 0.15) is 11.8 Å². The summed E-state index contributed by atoms with van der Waals surface area (Å²) < 4.78 is 79.3. The summed E-state index contributed by atoms with van der Waals surface area (Å²) in [6.07, 6.45) is -8.38. The highest BCUT2D eigenvalue weighted by Crippen LogP contribution is 2.36. The quantitative estimate of drug-likeness (QED) is 0.686. The van der Waals surface area contributed by atoms with E-state index in [1.165, 1.54) is 22.9 Å². The third-order valence-corrected chi connectivity index (χ3v) is 3.73. The maximum absolute atomic E-state index is 13.0. The number of alkyl halides is 6. The number of nitrogens with one attached hydrogen (secondary N) is 1. The Morgan fingerprint density at radius 1 is 1.00 bits per heavy atom. The summed E-state index contributed by atoms with van der Waals surface area (Å²) in [6, 6.07) is 6.25. The lowest BCUT2D eigenvalue weighted by Crippen LogP contribution is -2.13. The molecule has 0 atom stereocenters. The summed E-state index contributed by atoms with van der Waals surface area (Å²) >= 11 is 0. The number of aromatic amines is 1. The van der Waals surface area contributed by atoms with Crippen molar-refractivity contribution in [3.63, 3.8) is 0 Å². The van der Waals surface area contributed by atoms with Crippen molar-refractivity contribution >= 4 is 0 Å². The van der Waals surface area contributed by atoms with Gasteiger partial charge in [-0.25, -0.2) is 0 Å². The molecule has 2 heterocycles. The third kappa shape index (κ3) is 3.79. The smallest absolute Gasteiger partial charge is 0.342 e. The van der Waals surface area contributed by atoms with Gasteiger partial charge in [-0.05, 0) is 35.9 Å². The fourth-order valence-electron chi connectivity index (χ4n) is 2.56. The van der Waals surface area contributed by atoms with Crippen molar-refractivity contribution in [1.29, 1.82) is 5.26 Å². The van der Waals surface area contributed by atoms with Crippen LogP contribution in [0.1, 0.15) is 22.4 Å². The molecule has 0 bridgehead atoms. The summed E-state index contributed by atoms with van der Waals surface area (Å²) in [5.74, 6) is 0. The number of aromatic nitrogens is 4. The molecule has 3 aromatic rings. The Labute approximate surface area is 147 Å². The number of nitrogens with zero attached hydrogens (tertiary/aromatic N) is 4. The Balaban J connectivity index is 2.05. The molecule has 140 valence electrons. The normalized spacial score (nSPS) is 12.2. The molecule has 0 spiro atoms. The highest BCUT2D eigenvalue weighted by atomic mass is 19.4. The van der Waals surface area contributed by atoms with Crippen molar-refractivity contribution in [3.05, 3.63) is 58.9 Å². The molecule has 0 saturated carbocycles. The number of hydrogen-bond donors (Lipinski definition) is 1. The fourth-order valence-corrected chi connectivity index (χ4v) is 2.56. The van der Waals surface area contributed by atoms with E-state index in [9.17, 15) is 26.3 Å². The van der Waals surface area contributed by atoms with Crippen molar-refractivity contribution in [2.75, 3.05) is 0 Å². The zero-order valence-corrected chi connectivity index (χ0v) is 13.2. The predicted molar refractivity (Wildman–Crippen MR) is 80.1 cm³/mol. The van der Waals surface area contributed by atoms with Gasteiger partial charge in [-0.15, -0.1) is 5.10 Å². The van der Waals surface area contributed by atoms with Crippen LogP contribution in [0.2, 0.25) is 0 Å². The van der Waals surface area contributed by atoms with E-state index in [0.29, 0.717) is 17.8 Å². The number of nitriles is 1. The van der Waals surface area contributed by atoms with Gasteiger partial charge < -0.3 is 4.57 Å². The Bertz CT molecular complexity index is 973. The summed E-state index contributed by atoms with van der Waals surface area (Å²) in [5.41, 5.74) is -2.55. The molecule has 3 rings (SSSR count). The first-order valence-electron chi connectivity index (χ1n) is 7.34. The minimum atomic E-state index is -4.92. The van der Waals surface area contributed by atoms with Gasteiger partial charge in [0, 0.05) is 12.7 Å². The van der Waals surface area contributed by atoms with Crippen molar-refractivity contribution in [3.8, 4) is 17.5 Å². The zero-order valence-electron chi connectivity index (χ0n) is 13.2. The first-order chi connectivity index (χ1) is 12.6. The SMILES string of the molecule is N#Cc1n[nH]nc1-c1cccn1Cc1cc(C(F)(F)F)cc(C(F)(F)F)c1. The van der Waals surface area contributed by atoms with Crippen molar-refractivity contribution in [1.82, 2.24) is 20.0 Å². The van der Waals surface area contributed by atoms with Crippen LogP contribution in [0.25, 0.3) is 11.4 Å². The van der Waals surface area contributed by atoms with Crippen LogP contribution in [0.15, 0.2) is 36.5 Å². The molecule has 2 aromatic heterocycles. The molecule has 27 heavy (non-hydrogen) atoms. The Morgan fingerprint density at radius 2 is 1.63 bits per heavy atom. The minimum absolute atomic E-state index is 0.0463. The first kappa shape index (κ1) is 18.5. The van der Waals surface area contributed by atoms with Crippen LogP contribution in [0.4, 0.5) is 26.3 Å². The van der Waals surface area contributed by atoms with Gasteiger partial charge in [-0.1, -0.05) is 0 Å². The first-order valence-corrected chi connectivity index (χ1v) is 7.34. The molecule has 0 radical (unpaired) electrons. The van der Waals surface area contributed by atoms with Gasteiger partial charge in [0.05, 0.1) is 16.8 Å². The molecule has 0 unspecified atom stereocenters. The van der Waals surface area contributed by atoms with Crippen LogP contribution in [0, 0.1) is 11.3 Å². The lowest BCUT2D eigenvalue weighted by molar-refractivity contribution is -0.143. The molecular formula is C16H9F6N5. The molecule has 0 aliphatic heterocycles. The second kappa shape index (κ2) is 6.46. The van der Waals surface area contributed by atoms with E-state index in [1.54, 1.807) is 6.07 Å². The number of halogens is 6. The third-order valence-electron chi connectivity index (χ3n) is 3.73. The molecule has 5 nitrogen and oxygen atoms in total. The van der Waals surface area contributed by atoms with Gasteiger partial charge in [0.2, 0.25) is 0 Å². The Hall–Kier alpha value is -3.29. The average molecular weight is 385 g/mol. The summed E-state index contributed by atoms with van der Waals surface area (Å²) in [7, 11) is 0. The van der Waals surface area contributed by atoms with Crippen molar-refractivity contribution in [2.24, 2.45) is 0 Å². The van der Waals surface area contributed by atoms with Crippen LogP contribution in [0.3, 0.4) is 0 Å². The second-order valence-corrected chi connectivity index (χ2v) is 5.57. The lowest BCUT2D eigenvalue weighted by Gasteiger charge is -2.15. The van der Waals surface area contributed by atoms with Gasteiger partial charge in [0.15, 0.2) is 5.69 Å². The van der Waals surface area contributed by atoms with Crippen LogP contribution in [-0.2, 0) is 18.9 Å². The second-order valence-electron chi connectivity index (χ2n) is 5.57.